The molecule has 98 valence electrons. The molecule has 0 aliphatic rings. The van der Waals surface area contributed by atoms with Gasteiger partial charge in [0.1, 0.15) is 0 Å². The summed E-state index contributed by atoms with van der Waals surface area (Å²) in [7, 11) is 0. The molecule has 0 aliphatic heterocycles. The van der Waals surface area contributed by atoms with Crippen LogP contribution in [-0.4, -0.2) is 16.2 Å². The van der Waals surface area contributed by atoms with Crippen LogP contribution in [0, 0.1) is 4.91 Å². The lowest BCUT2D eigenvalue weighted by Crippen LogP contribution is -2.22. The minimum absolute atomic E-state index is 0.00841. The van der Waals surface area contributed by atoms with E-state index in [1.807, 2.05) is 18.2 Å². The average Bonchev–Trinajstić information content (AvgIpc) is 2.36. The Hall–Kier alpha value is -1.91. The molecule has 0 saturated heterocycles. The molecule has 0 bridgehead atoms. The summed E-state index contributed by atoms with van der Waals surface area (Å²) in [5.74, 6) is 0.428. The Balaban J connectivity index is 2.81. The number of benzene rings is 1. The summed E-state index contributed by atoms with van der Waals surface area (Å²) in [6.07, 6.45) is 0.845. The highest BCUT2D eigenvalue weighted by Crippen LogP contribution is 2.21. The molecule has 5 nitrogen and oxygen atoms in total. The van der Waals surface area contributed by atoms with Crippen LogP contribution < -0.4 is 0 Å². The highest BCUT2D eigenvalue weighted by molar-refractivity contribution is 5.64. The topological polar surface area (TPSA) is 70.0 Å². The van der Waals surface area contributed by atoms with Gasteiger partial charge in [0.25, 0.3) is 0 Å². The number of hydrogen-bond donors (Lipinski definition) is 1. The maximum absolute atomic E-state index is 10.7. The van der Waals surface area contributed by atoms with Gasteiger partial charge in [-0.15, -0.1) is 4.91 Å². The third kappa shape index (κ3) is 3.84. The molecular formula is C13H18N2O3. The van der Waals surface area contributed by atoms with Crippen LogP contribution in [0.1, 0.15) is 43.7 Å². The Morgan fingerprint density at radius 2 is 2.22 bits per heavy atom. The average molecular weight is 250 g/mol. The molecule has 1 atom stereocenters. The molecule has 5 heteroatoms. The van der Waals surface area contributed by atoms with Crippen molar-refractivity contribution in [2.24, 2.45) is 5.29 Å². The molecule has 0 radical (unpaired) electrons. The molecule has 1 unspecified atom stereocenters. The summed E-state index contributed by atoms with van der Waals surface area (Å²) in [5.41, 5.74) is 1.93. The third-order valence-corrected chi connectivity index (χ3v) is 2.89. The van der Waals surface area contributed by atoms with Crippen molar-refractivity contribution in [1.82, 2.24) is 5.01 Å². The van der Waals surface area contributed by atoms with Crippen LogP contribution in [0.4, 0.5) is 4.79 Å². The Labute approximate surface area is 106 Å². The first kappa shape index (κ1) is 14.2. The zero-order valence-corrected chi connectivity index (χ0v) is 10.7. The molecule has 1 rings (SSSR count). The Bertz CT molecular complexity index is 420. The van der Waals surface area contributed by atoms with E-state index in [-0.39, 0.29) is 6.54 Å². The van der Waals surface area contributed by atoms with Crippen LogP contribution >= 0.6 is 0 Å². The van der Waals surface area contributed by atoms with Gasteiger partial charge in [-0.05, 0) is 23.5 Å². The predicted molar refractivity (Wildman–Crippen MR) is 69.1 cm³/mol. The van der Waals surface area contributed by atoms with Gasteiger partial charge in [-0.25, -0.2) is 4.79 Å². The van der Waals surface area contributed by atoms with E-state index in [0.29, 0.717) is 10.9 Å². The standard InChI is InChI=1S/C13H18N2O3/c1-3-5-10(2)12-7-4-6-11(8-12)9-15(14-18)13(16)17/h4,6-8,10H,3,5,9H2,1-2H3,(H,16,17). The lowest BCUT2D eigenvalue weighted by atomic mass is 9.95. The normalized spacial score (nSPS) is 11.9. The zero-order valence-electron chi connectivity index (χ0n) is 10.7. The van der Waals surface area contributed by atoms with Crippen molar-refractivity contribution < 1.29 is 9.90 Å². The van der Waals surface area contributed by atoms with Gasteiger partial charge in [0, 0.05) is 0 Å². The van der Waals surface area contributed by atoms with E-state index in [2.05, 4.69) is 19.1 Å². The minimum Gasteiger partial charge on any atom is -0.464 e. The molecular weight excluding hydrogens is 232 g/mol. The lowest BCUT2D eigenvalue weighted by molar-refractivity contribution is 0.143. The fraction of sp³-hybridized carbons (Fsp3) is 0.462. The molecule has 1 aromatic carbocycles. The highest BCUT2D eigenvalue weighted by atomic mass is 16.4. The maximum atomic E-state index is 10.7. The number of amides is 1. The SMILES string of the molecule is CCCC(C)c1cccc(CN(N=O)C(=O)O)c1. The van der Waals surface area contributed by atoms with Crippen molar-refractivity contribution in [3.63, 3.8) is 0 Å². The first-order valence-electron chi connectivity index (χ1n) is 6.01. The molecule has 0 aliphatic carbocycles. The lowest BCUT2D eigenvalue weighted by Gasteiger charge is -2.13. The van der Waals surface area contributed by atoms with Gasteiger partial charge < -0.3 is 5.11 Å². The van der Waals surface area contributed by atoms with E-state index >= 15 is 0 Å². The van der Waals surface area contributed by atoms with Crippen LogP contribution in [0.2, 0.25) is 0 Å². The summed E-state index contributed by atoms with van der Waals surface area (Å²) in [4.78, 5) is 21.1. The van der Waals surface area contributed by atoms with Gasteiger partial charge in [-0.2, -0.15) is 5.01 Å². The predicted octanol–water partition coefficient (Wildman–Crippen LogP) is 3.75. The van der Waals surface area contributed by atoms with Gasteiger partial charge in [0.2, 0.25) is 0 Å². The second-order valence-corrected chi connectivity index (χ2v) is 4.36. The molecule has 0 saturated carbocycles. The molecule has 0 fully saturated rings. The van der Waals surface area contributed by atoms with Gasteiger partial charge in [0.05, 0.1) is 11.8 Å². The summed E-state index contributed by atoms with van der Waals surface area (Å²) >= 11 is 0. The first-order valence-corrected chi connectivity index (χ1v) is 6.01. The van der Waals surface area contributed by atoms with Gasteiger partial charge in [-0.1, -0.05) is 44.5 Å². The van der Waals surface area contributed by atoms with Gasteiger partial charge >= 0.3 is 6.09 Å². The van der Waals surface area contributed by atoms with Crippen molar-refractivity contribution in [2.45, 2.75) is 39.2 Å². The first-order chi connectivity index (χ1) is 8.58. The quantitative estimate of drug-likeness (QED) is 0.617. The van der Waals surface area contributed by atoms with E-state index in [9.17, 15) is 9.70 Å². The number of rotatable bonds is 6. The molecule has 0 spiro atoms. The van der Waals surface area contributed by atoms with E-state index in [1.54, 1.807) is 6.07 Å². The van der Waals surface area contributed by atoms with Gasteiger partial charge in [0.15, 0.2) is 0 Å². The van der Waals surface area contributed by atoms with Crippen LogP contribution in [0.3, 0.4) is 0 Å². The van der Waals surface area contributed by atoms with Crippen LogP contribution in [0.15, 0.2) is 29.6 Å². The molecule has 1 aromatic rings. The van der Waals surface area contributed by atoms with Crippen LogP contribution in [0.25, 0.3) is 0 Å². The Kier molecular flexibility index (Phi) is 5.30. The third-order valence-electron chi connectivity index (χ3n) is 2.89. The van der Waals surface area contributed by atoms with E-state index < -0.39 is 6.09 Å². The van der Waals surface area contributed by atoms with Crippen molar-refractivity contribution in [1.29, 1.82) is 0 Å². The summed E-state index contributed by atoms with van der Waals surface area (Å²) in [6.45, 7) is 4.25. The number of nitrogens with zero attached hydrogens (tertiary/aromatic N) is 2. The van der Waals surface area contributed by atoms with Crippen molar-refractivity contribution in [3.8, 4) is 0 Å². The fourth-order valence-electron chi connectivity index (χ4n) is 1.90. The molecule has 18 heavy (non-hydrogen) atoms. The Morgan fingerprint density at radius 3 is 2.78 bits per heavy atom. The largest absolute Gasteiger partial charge is 0.464 e. The van der Waals surface area contributed by atoms with E-state index in [4.69, 9.17) is 5.11 Å². The molecule has 1 N–H and O–H groups in total. The summed E-state index contributed by atoms with van der Waals surface area (Å²) in [6, 6.07) is 7.62. The zero-order chi connectivity index (χ0) is 13.5. The number of nitroso groups, excluding NO2 is 1. The highest BCUT2D eigenvalue weighted by Gasteiger charge is 2.13. The van der Waals surface area contributed by atoms with Crippen molar-refractivity contribution >= 4 is 6.09 Å². The number of carbonyl (C=O) groups is 1. The fourth-order valence-corrected chi connectivity index (χ4v) is 1.90. The van der Waals surface area contributed by atoms with Gasteiger partial charge in [-0.3, -0.25) is 0 Å². The monoisotopic (exact) mass is 250 g/mol. The van der Waals surface area contributed by atoms with Crippen LogP contribution in [-0.2, 0) is 6.54 Å². The summed E-state index contributed by atoms with van der Waals surface area (Å²) < 4.78 is 0. The molecule has 0 aromatic heterocycles. The van der Waals surface area contributed by atoms with E-state index in [0.717, 1.165) is 24.0 Å². The van der Waals surface area contributed by atoms with E-state index in [1.165, 1.54) is 0 Å². The Morgan fingerprint density at radius 1 is 1.50 bits per heavy atom. The second kappa shape index (κ2) is 6.74. The molecule has 0 heterocycles. The van der Waals surface area contributed by atoms with Crippen LogP contribution in [0.5, 0.6) is 0 Å². The maximum Gasteiger partial charge on any atom is 0.430 e. The van der Waals surface area contributed by atoms with Crippen molar-refractivity contribution in [3.05, 3.63) is 40.3 Å². The molecule has 1 amide bonds. The minimum atomic E-state index is -1.34. The van der Waals surface area contributed by atoms with Crippen molar-refractivity contribution in [2.75, 3.05) is 0 Å². The second-order valence-electron chi connectivity index (χ2n) is 4.36. The number of carboxylic acid groups (broad SMARTS) is 1. The number of hydrogen-bond acceptors (Lipinski definition) is 3. The smallest absolute Gasteiger partial charge is 0.430 e. The summed E-state index contributed by atoms with van der Waals surface area (Å²) in [5, 5.41) is 11.7.